The minimum atomic E-state index is -4.27. The van der Waals surface area contributed by atoms with Crippen molar-refractivity contribution in [1.29, 1.82) is 0 Å². The van der Waals surface area contributed by atoms with E-state index in [9.17, 15) is 18.0 Å². The van der Waals surface area contributed by atoms with Gasteiger partial charge in [0, 0.05) is 31.1 Å². The van der Waals surface area contributed by atoms with Gasteiger partial charge in [0.25, 0.3) is 0 Å². The van der Waals surface area contributed by atoms with Gasteiger partial charge in [0.05, 0.1) is 6.42 Å². The SMILES string of the molecule is O=C(CCC(F)(F)F)NCCC1CNc2ccccc21. The molecule has 2 N–H and O–H groups in total. The zero-order chi connectivity index (χ0) is 14.6. The van der Waals surface area contributed by atoms with Crippen molar-refractivity contribution < 1.29 is 18.0 Å². The predicted octanol–water partition coefficient (Wildman–Crippen LogP) is 3.04. The van der Waals surface area contributed by atoms with E-state index in [1.807, 2.05) is 24.3 Å². The summed E-state index contributed by atoms with van der Waals surface area (Å²) in [5, 5.41) is 5.82. The van der Waals surface area contributed by atoms with Gasteiger partial charge in [-0.2, -0.15) is 13.2 Å². The normalized spacial score (nSPS) is 17.4. The van der Waals surface area contributed by atoms with E-state index in [1.165, 1.54) is 5.56 Å². The van der Waals surface area contributed by atoms with Gasteiger partial charge in [-0.1, -0.05) is 18.2 Å². The molecule has 3 nitrogen and oxygen atoms in total. The molecular formula is C14H17F3N2O. The molecule has 0 radical (unpaired) electrons. The molecule has 0 aliphatic carbocycles. The number of alkyl halides is 3. The fraction of sp³-hybridized carbons (Fsp3) is 0.500. The Bertz CT molecular complexity index is 474. The summed E-state index contributed by atoms with van der Waals surface area (Å²) in [7, 11) is 0. The molecule has 0 spiro atoms. The lowest BCUT2D eigenvalue weighted by Crippen LogP contribution is -2.27. The number of amides is 1. The molecule has 1 aliphatic heterocycles. The highest BCUT2D eigenvalue weighted by Crippen LogP contribution is 2.32. The maximum Gasteiger partial charge on any atom is 0.389 e. The van der Waals surface area contributed by atoms with Gasteiger partial charge in [-0.25, -0.2) is 0 Å². The Balaban J connectivity index is 1.71. The topological polar surface area (TPSA) is 41.1 Å². The van der Waals surface area contributed by atoms with Crippen LogP contribution in [0.15, 0.2) is 24.3 Å². The number of hydrogen-bond donors (Lipinski definition) is 2. The highest BCUT2D eigenvalue weighted by Gasteiger charge is 2.28. The summed E-state index contributed by atoms with van der Waals surface area (Å²) >= 11 is 0. The van der Waals surface area contributed by atoms with Crippen LogP contribution < -0.4 is 10.6 Å². The van der Waals surface area contributed by atoms with Gasteiger partial charge in [0.2, 0.25) is 5.91 Å². The van der Waals surface area contributed by atoms with E-state index in [2.05, 4.69) is 10.6 Å². The number of anilines is 1. The number of nitrogens with one attached hydrogen (secondary N) is 2. The number of halogens is 3. The quantitative estimate of drug-likeness (QED) is 0.873. The van der Waals surface area contributed by atoms with Crippen LogP contribution in [0, 0.1) is 0 Å². The first-order chi connectivity index (χ1) is 9.46. The molecule has 1 heterocycles. The maximum atomic E-state index is 12.0. The average molecular weight is 286 g/mol. The minimum absolute atomic E-state index is 0.300. The number of fused-ring (bicyclic) bond motifs is 1. The fourth-order valence-corrected chi connectivity index (χ4v) is 2.34. The first-order valence-electron chi connectivity index (χ1n) is 6.62. The van der Waals surface area contributed by atoms with Crippen LogP contribution in [0.1, 0.15) is 30.7 Å². The number of carbonyl (C=O) groups is 1. The van der Waals surface area contributed by atoms with Crippen molar-refractivity contribution in [3.8, 4) is 0 Å². The Kier molecular flexibility index (Phi) is 4.52. The minimum Gasteiger partial charge on any atom is -0.384 e. The lowest BCUT2D eigenvalue weighted by molar-refractivity contribution is -0.144. The number of hydrogen-bond acceptors (Lipinski definition) is 2. The van der Waals surface area contributed by atoms with E-state index in [0.29, 0.717) is 12.5 Å². The summed E-state index contributed by atoms with van der Waals surface area (Å²) in [6.07, 6.45) is -5.11. The second-order valence-electron chi connectivity index (χ2n) is 4.92. The van der Waals surface area contributed by atoms with Gasteiger partial charge in [-0.3, -0.25) is 4.79 Å². The van der Waals surface area contributed by atoms with Gasteiger partial charge in [-0.15, -0.1) is 0 Å². The number of carbonyl (C=O) groups excluding carboxylic acids is 1. The van der Waals surface area contributed by atoms with E-state index in [1.54, 1.807) is 0 Å². The third kappa shape index (κ3) is 4.15. The van der Waals surface area contributed by atoms with E-state index < -0.39 is 24.9 Å². The van der Waals surface area contributed by atoms with Crippen molar-refractivity contribution in [3.05, 3.63) is 29.8 Å². The smallest absolute Gasteiger partial charge is 0.384 e. The Morgan fingerprint density at radius 2 is 2.10 bits per heavy atom. The van der Waals surface area contributed by atoms with Gasteiger partial charge >= 0.3 is 6.18 Å². The summed E-state index contributed by atoms with van der Waals surface area (Å²) in [5.74, 6) is -0.240. The molecule has 1 aliphatic rings. The summed E-state index contributed by atoms with van der Waals surface area (Å²) in [6.45, 7) is 1.20. The van der Waals surface area contributed by atoms with Crippen LogP contribution in [0.4, 0.5) is 18.9 Å². The van der Waals surface area contributed by atoms with Gasteiger partial charge in [0.1, 0.15) is 0 Å². The third-order valence-electron chi connectivity index (χ3n) is 3.39. The van der Waals surface area contributed by atoms with Crippen molar-refractivity contribution in [3.63, 3.8) is 0 Å². The van der Waals surface area contributed by atoms with Crippen molar-refractivity contribution in [1.82, 2.24) is 5.32 Å². The lowest BCUT2D eigenvalue weighted by Gasteiger charge is -2.11. The molecule has 20 heavy (non-hydrogen) atoms. The lowest BCUT2D eigenvalue weighted by atomic mass is 9.98. The largest absolute Gasteiger partial charge is 0.389 e. The zero-order valence-corrected chi connectivity index (χ0v) is 11.0. The molecule has 1 aromatic carbocycles. The van der Waals surface area contributed by atoms with Crippen LogP contribution in [0.5, 0.6) is 0 Å². The molecule has 1 amide bonds. The van der Waals surface area contributed by atoms with Crippen molar-refractivity contribution >= 4 is 11.6 Å². The predicted molar refractivity (Wildman–Crippen MR) is 70.6 cm³/mol. The van der Waals surface area contributed by atoms with E-state index in [0.717, 1.165) is 18.7 Å². The zero-order valence-electron chi connectivity index (χ0n) is 11.0. The first-order valence-corrected chi connectivity index (χ1v) is 6.62. The molecule has 6 heteroatoms. The summed E-state index contributed by atoms with van der Waals surface area (Å²) in [6, 6.07) is 7.94. The van der Waals surface area contributed by atoms with Crippen LogP contribution in [0.2, 0.25) is 0 Å². The van der Waals surface area contributed by atoms with Crippen molar-refractivity contribution in [2.75, 3.05) is 18.4 Å². The molecule has 110 valence electrons. The highest BCUT2D eigenvalue weighted by atomic mass is 19.4. The molecule has 2 rings (SSSR count). The van der Waals surface area contributed by atoms with Gasteiger partial charge < -0.3 is 10.6 Å². The molecule has 1 atom stereocenters. The van der Waals surface area contributed by atoms with Gasteiger partial charge in [0.15, 0.2) is 0 Å². The molecule has 1 unspecified atom stereocenters. The van der Waals surface area contributed by atoms with Crippen LogP contribution in [-0.2, 0) is 4.79 Å². The Morgan fingerprint density at radius 3 is 2.85 bits per heavy atom. The Hall–Kier alpha value is -1.72. The number of benzene rings is 1. The van der Waals surface area contributed by atoms with Crippen molar-refractivity contribution in [2.24, 2.45) is 0 Å². The molecule has 0 fully saturated rings. The summed E-state index contributed by atoms with van der Waals surface area (Å²) in [4.78, 5) is 11.3. The molecule has 0 saturated heterocycles. The van der Waals surface area contributed by atoms with Crippen LogP contribution in [0.3, 0.4) is 0 Å². The molecular weight excluding hydrogens is 269 g/mol. The molecule has 0 saturated carbocycles. The summed E-state index contributed by atoms with van der Waals surface area (Å²) < 4.78 is 35.9. The van der Waals surface area contributed by atoms with Crippen LogP contribution in [0.25, 0.3) is 0 Å². The third-order valence-corrected chi connectivity index (χ3v) is 3.39. The van der Waals surface area contributed by atoms with Crippen LogP contribution in [-0.4, -0.2) is 25.2 Å². The second kappa shape index (κ2) is 6.15. The second-order valence-corrected chi connectivity index (χ2v) is 4.92. The van der Waals surface area contributed by atoms with E-state index in [4.69, 9.17) is 0 Å². The Labute approximate surface area is 115 Å². The molecule has 0 aromatic heterocycles. The summed E-state index contributed by atoms with van der Waals surface area (Å²) in [5.41, 5.74) is 2.30. The standard InChI is InChI=1S/C14H17F3N2O/c15-14(16,17)7-5-13(20)18-8-6-10-9-19-12-4-2-1-3-11(10)12/h1-4,10,19H,5-9H2,(H,18,20). The fourth-order valence-electron chi connectivity index (χ4n) is 2.34. The van der Waals surface area contributed by atoms with Crippen LogP contribution >= 0.6 is 0 Å². The molecule has 0 bridgehead atoms. The molecule has 1 aromatic rings. The van der Waals surface area contributed by atoms with Crippen molar-refractivity contribution in [2.45, 2.75) is 31.4 Å². The van der Waals surface area contributed by atoms with Gasteiger partial charge in [-0.05, 0) is 18.1 Å². The number of para-hydroxylation sites is 1. The number of rotatable bonds is 5. The van der Waals surface area contributed by atoms with E-state index >= 15 is 0 Å². The van der Waals surface area contributed by atoms with E-state index in [-0.39, 0.29) is 0 Å². The Morgan fingerprint density at radius 1 is 1.35 bits per heavy atom. The first kappa shape index (κ1) is 14.7. The average Bonchev–Trinajstić information content (AvgIpc) is 2.79. The maximum absolute atomic E-state index is 12.0. The highest BCUT2D eigenvalue weighted by molar-refractivity contribution is 5.75. The monoisotopic (exact) mass is 286 g/mol.